The first kappa shape index (κ1) is 22.7. The van der Waals surface area contributed by atoms with Crippen LogP contribution in [0.1, 0.15) is 18.9 Å². The first-order valence-corrected chi connectivity index (χ1v) is 11.4. The molecule has 3 aromatic carbocycles. The van der Waals surface area contributed by atoms with Crippen LogP contribution in [0.3, 0.4) is 0 Å². The van der Waals surface area contributed by atoms with Gasteiger partial charge in [-0.25, -0.2) is 4.39 Å². The van der Waals surface area contributed by atoms with E-state index in [1.807, 2.05) is 66.1 Å². The van der Waals surface area contributed by atoms with Gasteiger partial charge in [-0.15, -0.1) is 10.2 Å². The summed E-state index contributed by atoms with van der Waals surface area (Å²) in [6.45, 7) is 2.41. The molecule has 0 saturated heterocycles. The van der Waals surface area contributed by atoms with E-state index < -0.39 is 6.10 Å². The van der Waals surface area contributed by atoms with Gasteiger partial charge in [-0.2, -0.15) is 0 Å². The van der Waals surface area contributed by atoms with E-state index in [1.165, 1.54) is 12.1 Å². The Morgan fingerprint density at radius 2 is 1.55 bits per heavy atom. The third kappa shape index (κ3) is 5.84. The molecule has 0 aliphatic rings. The van der Waals surface area contributed by atoms with Crippen molar-refractivity contribution in [1.82, 2.24) is 14.8 Å². The molecule has 1 atom stereocenters. The summed E-state index contributed by atoms with van der Waals surface area (Å²) in [5.41, 5.74) is 0.936. The molecule has 0 aliphatic heterocycles. The lowest BCUT2D eigenvalue weighted by Gasteiger charge is -2.16. The maximum atomic E-state index is 13.2. The normalized spacial score (nSPS) is 11.7. The van der Waals surface area contributed by atoms with Crippen LogP contribution in [-0.4, -0.2) is 34.2 Å². The van der Waals surface area contributed by atoms with E-state index in [1.54, 1.807) is 31.0 Å². The summed E-state index contributed by atoms with van der Waals surface area (Å²) >= 11 is 1.55. The van der Waals surface area contributed by atoms with Gasteiger partial charge < -0.3 is 14.2 Å². The van der Waals surface area contributed by atoms with E-state index in [0.717, 1.165) is 22.3 Å². The molecule has 4 rings (SSSR count). The molecule has 0 spiro atoms. The zero-order valence-electron chi connectivity index (χ0n) is 18.3. The molecule has 1 heterocycles. The van der Waals surface area contributed by atoms with E-state index in [2.05, 4.69) is 10.2 Å². The van der Waals surface area contributed by atoms with Gasteiger partial charge in [-0.3, -0.25) is 4.57 Å². The van der Waals surface area contributed by atoms with Crippen LogP contribution >= 0.6 is 11.8 Å². The lowest BCUT2D eigenvalue weighted by molar-refractivity contribution is 0.213. The fourth-order valence-electron chi connectivity index (χ4n) is 3.19. The average molecular weight is 466 g/mol. The minimum Gasteiger partial charge on any atom is -0.497 e. The van der Waals surface area contributed by atoms with Crippen molar-refractivity contribution in [3.8, 4) is 22.9 Å². The number of aromatic nitrogens is 3. The van der Waals surface area contributed by atoms with Crippen molar-refractivity contribution in [2.45, 2.75) is 18.2 Å². The Bertz CT molecular complexity index is 1150. The average Bonchev–Trinajstić information content (AvgIpc) is 3.28. The van der Waals surface area contributed by atoms with E-state index >= 15 is 0 Å². The highest BCUT2D eigenvalue weighted by Gasteiger charge is 2.21. The Balaban J connectivity index is 1.46. The number of halogens is 1. The third-order valence-corrected chi connectivity index (χ3v) is 5.70. The van der Waals surface area contributed by atoms with E-state index in [4.69, 9.17) is 14.2 Å². The molecule has 33 heavy (non-hydrogen) atoms. The quantitative estimate of drug-likeness (QED) is 0.220. The fraction of sp³-hybridized carbons (Fsp3) is 0.200. The summed E-state index contributed by atoms with van der Waals surface area (Å²) in [5.74, 6) is 3.17. The number of ether oxygens (including phenoxy) is 3. The topological polar surface area (TPSA) is 58.4 Å². The molecule has 0 amide bonds. The third-order valence-electron chi connectivity index (χ3n) is 4.81. The molecule has 0 aliphatic carbocycles. The second-order valence-electron chi connectivity index (χ2n) is 7.10. The van der Waals surface area contributed by atoms with E-state index in [9.17, 15) is 4.39 Å². The zero-order chi connectivity index (χ0) is 23.0. The molecule has 1 aromatic heterocycles. The van der Waals surface area contributed by atoms with Crippen LogP contribution in [0, 0.1) is 5.82 Å². The van der Waals surface area contributed by atoms with Gasteiger partial charge in [0.25, 0.3) is 0 Å². The molecule has 0 bridgehead atoms. The SMILES string of the molecule is COc1ccc(OCCSc2nnc(C(C)Oc3ccc(F)cc3)n2-c2ccccc2)cc1. The highest BCUT2D eigenvalue weighted by Crippen LogP contribution is 2.28. The number of thioether (sulfide) groups is 1. The minimum atomic E-state index is -0.395. The summed E-state index contributed by atoms with van der Waals surface area (Å²) in [6, 6.07) is 23.3. The minimum absolute atomic E-state index is 0.307. The lowest BCUT2D eigenvalue weighted by Crippen LogP contribution is -2.12. The Morgan fingerprint density at radius 1 is 0.879 bits per heavy atom. The predicted molar refractivity (Wildman–Crippen MR) is 126 cm³/mol. The van der Waals surface area contributed by atoms with Crippen molar-refractivity contribution < 1.29 is 18.6 Å². The number of nitrogens with zero attached hydrogens (tertiary/aromatic N) is 3. The smallest absolute Gasteiger partial charge is 0.196 e. The van der Waals surface area contributed by atoms with Crippen molar-refractivity contribution in [2.75, 3.05) is 19.5 Å². The number of benzene rings is 3. The maximum Gasteiger partial charge on any atom is 0.196 e. The van der Waals surface area contributed by atoms with Crippen LogP contribution in [0.25, 0.3) is 5.69 Å². The molecular weight excluding hydrogens is 441 g/mol. The monoisotopic (exact) mass is 465 g/mol. The Morgan fingerprint density at radius 3 is 2.24 bits per heavy atom. The van der Waals surface area contributed by atoms with Gasteiger partial charge in [0.15, 0.2) is 17.1 Å². The van der Waals surface area contributed by atoms with Crippen LogP contribution in [0.15, 0.2) is 84.0 Å². The van der Waals surface area contributed by atoms with Crippen LogP contribution in [-0.2, 0) is 0 Å². The summed E-state index contributed by atoms with van der Waals surface area (Å²) < 4.78 is 32.2. The molecule has 1 unspecified atom stereocenters. The van der Waals surface area contributed by atoms with Gasteiger partial charge in [0.05, 0.1) is 13.7 Å². The molecule has 6 nitrogen and oxygen atoms in total. The van der Waals surface area contributed by atoms with E-state index in [0.29, 0.717) is 23.9 Å². The van der Waals surface area contributed by atoms with Gasteiger partial charge in [0, 0.05) is 11.4 Å². The molecule has 0 fully saturated rings. The van der Waals surface area contributed by atoms with E-state index in [-0.39, 0.29) is 5.82 Å². The molecule has 0 saturated carbocycles. The van der Waals surface area contributed by atoms with Crippen molar-refractivity contribution in [1.29, 1.82) is 0 Å². The largest absolute Gasteiger partial charge is 0.497 e. The van der Waals surface area contributed by atoms with Gasteiger partial charge in [-0.1, -0.05) is 30.0 Å². The number of methoxy groups -OCH3 is 1. The lowest BCUT2D eigenvalue weighted by atomic mass is 10.3. The molecule has 0 N–H and O–H groups in total. The van der Waals surface area contributed by atoms with Crippen molar-refractivity contribution >= 4 is 11.8 Å². The second kappa shape index (κ2) is 10.9. The predicted octanol–water partition coefficient (Wildman–Crippen LogP) is 5.73. The maximum absolute atomic E-state index is 13.2. The first-order chi connectivity index (χ1) is 16.1. The van der Waals surface area contributed by atoms with Crippen LogP contribution < -0.4 is 14.2 Å². The Hall–Kier alpha value is -3.52. The molecular formula is C25H24FN3O3S. The number of rotatable bonds is 10. The molecule has 170 valence electrons. The van der Waals surface area contributed by atoms with Crippen LogP contribution in [0.2, 0.25) is 0 Å². The highest BCUT2D eigenvalue weighted by molar-refractivity contribution is 7.99. The summed E-state index contributed by atoms with van der Waals surface area (Å²) in [5, 5.41) is 9.54. The summed E-state index contributed by atoms with van der Waals surface area (Å²) in [7, 11) is 1.63. The van der Waals surface area contributed by atoms with Crippen molar-refractivity contribution in [3.05, 3.63) is 90.5 Å². The standard InChI is InChI=1S/C25H24FN3O3S/c1-18(32-23-10-8-19(26)9-11-23)24-27-28-25(29(24)20-6-4-3-5-7-20)33-17-16-31-22-14-12-21(30-2)13-15-22/h3-15,18H,16-17H2,1-2H3. The van der Waals surface area contributed by atoms with Gasteiger partial charge in [0.1, 0.15) is 23.1 Å². The number of hydrogen-bond donors (Lipinski definition) is 0. The van der Waals surface area contributed by atoms with Gasteiger partial charge in [0.2, 0.25) is 0 Å². The van der Waals surface area contributed by atoms with Crippen LogP contribution in [0.5, 0.6) is 17.2 Å². The van der Waals surface area contributed by atoms with Gasteiger partial charge in [-0.05, 0) is 67.6 Å². The summed E-state index contributed by atoms with van der Waals surface area (Å²) in [6.07, 6.45) is -0.395. The number of hydrogen-bond acceptors (Lipinski definition) is 6. The fourth-order valence-corrected chi connectivity index (χ4v) is 3.97. The van der Waals surface area contributed by atoms with Crippen LogP contribution in [0.4, 0.5) is 4.39 Å². The number of para-hydroxylation sites is 1. The van der Waals surface area contributed by atoms with Crippen molar-refractivity contribution in [2.24, 2.45) is 0 Å². The van der Waals surface area contributed by atoms with Gasteiger partial charge >= 0.3 is 0 Å². The zero-order valence-corrected chi connectivity index (χ0v) is 19.2. The molecule has 8 heteroatoms. The molecule has 4 aromatic rings. The Labute approximate surface area is 196 Å². The Kier molecular flexibility index (Phi) is 7.47. The second-order valence-corrected chi connectivity index (χ2v) is 8.16. The first-order valence-electron chi connectivity index (χ1n) is 10.5. The summed E-state index contributed by atoms with van der Waals surface area (Å²) in [4.78, 5) is 0. The van der Waals surface area contributed by atoms with Crippen molar-refractivity contribution in [3.63, 3.8) is 0 Å². The molecule has 0 radical (unpaired) electrons. The highest BCUT2D eigenvalue weighted by atomic mass is 32.2.